The molecule has 0 aromatic heterocycles. The zero-order valence-electron chi connectivity index (χ0n) is 19.3. The first-order valence-electron chi connectivity index (χ1n) is 12.2. The Kier molecular flexibility index (Phi) is 8.04. The van der Waals surface area contributed by atoms with E-state index < -0.39 is 10.0 Å². The molecule has 178 valence electrons. The molecule has 1 saturated heterocycles. The van der Waals surface area contributed by atoms with Crippen LogP contribution in [0.4, 0.5) is 5.69 Å². The van der Waals surface area contributed by atoms with Crippen LogP contribution in [-0.2, 0) is 27.7 Å². The summed E-state index contributed by atoms with van der Waals surface area (Å²) < 4.78 is 27.2. The Balaban J connectivity index is 1.19. The maximum atomic E-state index is 12.8. The van der Waals surface area contributed by atoms with E-state index in [-0.39, 0.29) is 17.6 Å². The summed E-state index contributed by atoms with van der Waals surface area (Å²) in [6.45, 7) is 3.40. The number of piperidine rings is 1. The van der Waals surface area contributed by atoms with Crippen molar-refractivity contribution < 1.29 is 13.2 Å². The van der Waals surface area contributed by atoms with Crippen molar-refractivity contribution >= 4 is 21.6 Å². The number of nitrogens with one attached hydrogen (secondary N) is 1. The summed E-state index contributed by atoms with van der Waals surface area (Å²) in [5, 5.41) is 3.05. The van der Waals surface area contributed by atoms with Crippen molar-refractivity contribution in [3.63, 3.8) is 0 Å². The number of aryl methyl sites for hydroxylation is 1. The van der Waals surface area contributed by atoms with Gasteiger partial charge in [0, 0.05) is 38.4 Å². The number of hydrogen-bond donors (Lipinski definition) is 1. The number of para-hydroxylation sites is 1. The number of carbonyl (C=O) groups excluding carboxylic acids is 1. The number of rotatable bonds is 10. The van der Waals surface area contributed by atoms with E-state index in [0.29, 0.717) is 26.1 Å². The first-order chi connectivity index (χ1) is 16.0. The second-order valence-electron chi connectivity index (χ2n) is 9.11. The fourth-order valence-electron chi connectivity index (χ4n) is 4.91. The molecular weight excluding hydrogens is 434 g/mol. The van der Waals surface area contributed by atoms with E-state index >= 15 is 0 Å². The number of amides is 1. The van der Waals surface area contributed by atoms with Gasteiger partial charge in [0.15, 0.2) is 0 Å². The second kappa shape index (κ2) is 11.2. The molecule has 0 saturated carbocycles. The number of sulfonamides is 1. The average molecular weight is 470 g/mol. The Morgan fingerprint density at radius 2 is 1.79 bits per heavy atom. The van der Waals surface area contributed by atoms with Gasteiger partial charge >= 0.3 is 0 Å². The molecule has 2 aliphatic heterocycles. The zero-order valence-corrected chi connectivity index (χ0v) is 20.1. The molecule has 33 heavy (non-hydrogen) atoms. The monoisotopic (exact) mass is 469 g/mol. The van der Waals surface area contributed by atoms with Crippen molar-refractivity contribution in [3.8, 4) is 0 Å². The van der Waals surface area contributed by atoms with E-state index in [9.17, 15) is 13.2 Å². The minimum absolute atomic E-state index is 0.0130. The smallest absolute Gasteiger partial charge is 0.224 e. The summed E-state index contributed by atoms with van der Waals surface area (Å²) in [5.41, 5.74) is 3.86. The van der Waals surface area contributed by atoms with Crippen molar-refractivity contribution in [3.05, 3.63) is 65.7 Å². The van der Waals surface area contributed by atoms with Gasteiger partial charge < -0.3 is 10.2 Å². The highest BCUT2D eigenvalue weighted by Gasteiger charge is 2.32. The average Bonchev–Trinajstić information content (AvgIpc) is 3.25. The van der Waals surface area contributed by atoms with Gasteiger partial charge in [0.05, 0.1) is 11.7 Å². The summed E-state index contributed by atoms with van der Waals surface area (Å²) >= 11 is 0. The van der Waals surface area contributed by atoms with E-state index in [1.165, 1.54) is 15.6 Å². The van der Waals surface area contributed by atoms with E-state index in [4.69, 9.17) is 0 Å². The van der Waals surface area contributed by atoms with Crippen LogP contribution in [0.2, 0.25) is 0 Å². The van der Waals surface area contributed by atoms with E-state index in [0.717, 1.165) is 50.8 Å². The van der Waals surface area contributed by atoms with Gasteiger partial charge in [-0.3, -0.25) is 4.79 Å². The van der Waals surface area contributed by atoms with Crippen LogP contribution in [0, 0.1) is 5.92 Å². The number of carbonyl (C=O) groups is 1. The first-order valence-corrected chi connectivity index (χ1v) is 13.8. The second-order valence-corrected chi connectivity index (χ2v) is 11.2. The molecule has 0 unspecified atom stereocenters. The highest BCUT2D eigenvalue weighted by Crippen LogP contribution is 2.27. The number of nitrogens with zero attached hydrogens (tertiary/aromatic N) is 2. The molecule has 7 heteroatoms. The summed E-state index contributed by atoms with van der Waals surface area (Å²) in [6.07, 6.45) is 4.80. The van der Waals surface area contributed by atoms with Crippen LogP contribution < -0.4 is 10.2 Å². The maximum absolute atomic E-state index is 12.8. The van der Waals surface area contributed by atoms with Crippen molar-refractivity contribution in [1.82, 2.24) is 9.62 Å². The molecule has 2 aliphatic rings. The summed E-state index contributed by atoms with van der Waals surface area (Å²) in [4.78, 5) is 15.1. The van der Waals surface area contributed by atoms with Crippen LogP contribution in [-0.4, -0.2) is 57.1 Å². The van der Waals surface area contributed by atoms with Crippen molar-refractivity contribution in [2.45, 2.75) is 38.5 Å². The largest absolute Gasteiger partial charge is 0.371 e. The third-order valence-electron chi connectivity index (χ3n) is 6.75. The Morgan fingerprint density at radius 1 is 1.00 bits per heavy atom. The lowest BCUT2D eigenvalue weighted by Gasteiger charge is -2.31. The molecular formula is C26H35N3O3S. The molecule has 0 radical (unpaired) electrons. The van der Waals surface area contributed by atoms with Crippen molar-refractivity contribution in [1.29, 1.82) is 0 Å². The first kappa shape index (κ1) is 23.8. The lowest BCUT2D eigenvalue weighted by molar-refractivity contribution is -0.126. The van der Waals surface area contributed by atoms with Gasteiger partial charge in [0.25, 0.3) is 0 Å². The number of fused-ring (bicyclic) bond motifs is 1. The summed E-state index contributed by atoms with van der Waals surface area (Å²) in [5.74, 6) is -0.135. The van der Waals surface area contributed by atoms with E-state index in [2.05, 4.69) is 34.5 Å². The molecule has 0 aliphatic carbocycles. The molecule has 6 nitrogen and oxygen atoms in total. The third-order valence-corrected chi connectivity index (χ3v) is 8.67. The topological polar surface area (TPSA) is 69.7 Å². The highest BCUT2D eigenvalue weighted by atomic mass is 32.2. The SMILES string of the molecule is O=C(NCCCN1CCc2ccccc21)[C@@H]1CCCN(S(=O)(=O)CCCc2ccccc2)C1. The predicted molar refractivity (Wildman–Crippen MR) is 133 cm³/mol. The van der Waals surface area contributed by atoms with Gasteiger partial charge in [-0.15, -0.1) is 0 Å². The van der Waals surface area contributed by atoms with Crippen LogP contribution in [0.25, 0.3) is 0 Å². The van der Waals surface area contributed by atoms with Crippen molar-refractivity contribution in [2.24, 2.45) is 5.92 Å². The minimum Gasteiger partial charge on any atom is -0.371 e. The normalized spacial score (nSPS) is 18.8. The fourth-order valence-corrected chi connectivity index (χ4v) is 6.49. The number of hydrogen-bond acceptors (Lipinski definition) is 4. The summed E-state index contributed by atoms with van der Waals surface area (Å²) in [6, 6.07) is 18.5. The molecule has 1 atom stereocenters. The number of anilines is 1. The Morgan fingerprint density at radius 3 is 2.64 bits per heavy atom. The van der Waals surface area contributed by atoms with Crippen LogP contribution in [0.5, 0.6) is 0 Å². The maximum Gasteiger partial charge on any atom is 0.224 e. The van der Waals surface area contributed by atoms with Crippen LogP contribution in [0.3, 0.4) is 0 Å². The lowest BCUT2D eigenvalue weighted by atomic mass is 9.99. The molecule has 2 aromatic carbocycles. The minimum atomic E-state index is -3.34. The molecule has 1 N–H and O–H groups in total. The molecule has 4 rings (SSSR count). The van der Waals surface area contributed by atoms with Gasteiger partial charge in [-0.05, 0) is 55.7 Å². The van der Waals surface area contributed by atoms with Crippen molar-refractivity contribution in [2.75, 3.05) is 43.4 Å². The Labute approximate surface area is 198 Å². The predicted octanol–water partition coefficient (Wildman–Crippen LogP) is 3.23. The van der Waals surface area contributed by atoms with Gasteiger partial charge in [0.2, 0.25) is 15.9 Å². The summed E-state index contributed by atoms with van der Waals surface area (Å²) in [7, 11) is -3.34. The third kappa shape index (κ3) is 6.36. The molecule has 0 spiro atoms. The lowest BCUT2D eigenvalue weighted by Crippen LogP contribution is -2.46. The van der Waals surface area contributed by atoms with Crippen LogP contribution in [0.15, 0.2) is 54.6 Å². The van der Waals surface area contributed by atoms with Gasteiger partial charge in [0.1, 0.15) is 0 Å². The molecule has 2 heterocycles. The number of benzene rings is 2. The van der Waals surface area contributed by atoms with Crippen LogP contribution in [0.1, 0.15) is 36.8 Å². The van der Waals surface area contributed by atoms with Gasteiger partial charge in [-0.2, -0.15) is 0 Å². The van der Waals surface area contributed by atoms with Gasteiger partial charge in [-0.25, -0.2) is 12.7 Å². The Bertz CT molecular complexity index is 1030. The molecule has 1 fully saturated rings. The molecule has 2 aromatic rings. The quantitative estimate of drug-likeness (QED) is 0.543. The van der Waals surface area contributed by atoms with E-state index in [1.807, 2.05) is 30.3 Å². The Hall–Kier alpha value is -2.38. The molecule has 0 bridgehead atoms. The standard InChI is InChI=1S/C26H35N3O3S/c30-26(27-16-8-17-28-19-15-23-12-4-5-14-25(23)28)24-13-6-18-29(21-24)33(31,32)20-7-11-22-9-2-1-3-10-22/h1-5,9-10,12,14,24H,6-8,11,13,15-21H2,(H,27,30)/t24-/m1/s1. The van der Waals surface area contributed by atoms with E-state index in [1.54, 1.807) is 0 Å². The fraction of sp³-hybridized carbons (Fsp3) is 0.500. The molecule has 1 amide bonds. The zero-order chi connectivity index (χ0) is 23.1. The van der Waals surface area contributed by atoms with Crippen LogP contribution >= 0.6 is 0 Å². The highest BCUT2D eigenvalue weighted by molar-refractivity contribution is 7.89. The van der Waals surface area contributed by atoms with Gasteiger partial charge in [-0.1, -0.05) is 48.5 Å².